The first-order valence-corrected chi connectivity index (χ1v) is 8.34. The van der Waals surface area contributed by atoms with E-state index in [2.05, 4.69) is 0 Å². The first kappa shape index (κ1) is 19.1. The third kappa shape index (κ3) is 3.57. The van der Waals surface area contributed by atoms with Gasteiger partial charge in [0.25, 0.3) is 5.69 Å². The van der Waals surface area contributed by atoms with Crippen LogP contribution in [-0.2, 0) is 4.74 Å². The first-order valence-electron chi connectivity index (χ1n) is 8.34. The van der Waals surface area contributed by atoms with Crippen molar-refractivity contribution in [3.05, 3.63) is 69.0 Å². The second-order valence-electron chi connectivity index (χ2n) is 6.18. The fourth-order valence-corrected chi connectivity index (χ4v) is 2.78. The summed E-state index contributed by atoms with van der Waals surface area (Å²) in [5.41, 5.74) is 1.42. The van der Waals surface area contributed by atoms with Crippen molar-refractivity contribution in [3.63, 3.8) is 0 Å². The van der Waals surface area contributed by atoms with Crippen LogP contribution < -0.4 is 4.74 Å². The summed E-state index contributed by atoms with van der Waals surface area (Å²) in [6, 6.07) is 9.22. The second-order valence-corrected chi connectivity index (χ2v) is 6.18. The van der Waals surface area contributed by atoms with Gasteiger partial charge in [-0.3, -0.25) is 14.9 Å². The number of rotatable bonds is 6. The van der Waals surface area contributed by atoms with Gasteiger partial charge >= 0.3 is 5.97 Å². The van der Waals surface area contributed by atoms with Gasteiger partial charge in [0.1, 0.15) is 11.3 Å². The molecule has 144 valence electrons. The molecular formula is C20H17NO7. The van der Waals surface area contributed by atoms with Gasteiger partial charge in [-0.15, -0.1) is 0 Å². The van der Waals surface area contributed by atoms with Crippen molar-refractivity contribution in [3.8, 4) is 5.75 Å². The number of nitro benzene ring substituents is 1. The fraction of sp³-hybridized carbons (Fsp3) is 0.200. The summed E-state index contributed by atoms with van der Waals surface area (Å²) in [6.45, 7) is 2.72. The van der Waals surface area contributed by atoms with E-state index in [9.17, 15) is 19.7 Å². The lowest BCUT2D eigenvalue weighted by molar-refractivity contribution is -0.385. The summed E-state index contributed by atoms with van der Waals surface area (Å²) in [4.78, 5) is 35.0. The minimum atomic E-state index is -0.789. The highest BCUT2D eigenvalue weighted by Crippen LogP contribution is 2.29. The number of Topliss-reactive ketones (excluding diaryl/α,β-unsaturated/α-hetero) is 1. The smallest absolute Gasteiger partial charge is 0.375 e. The molecule has 3 rings (SSSR count). The number of hydrogen-bond donors (Lipinski definition) is 0. The topological polar surface area (TPSA) is 109 Å². The summed E-state index contributed by atoms with van der Waals surface area (Å²) in [7, 11) is 1.53. The van der Waals surface area contributed by atoms with Gasteiger partial charge < -0.3 is 13.9 Å². The van der Waals surface area contributed by atoms with E-state index in [-0.39, 0.29) is 17.0 Å². The molecule has 0 fully saturated rings. The molecule has 0 spiro atoms. The van der Waals surface area contributed by atoms with Crippen molar-refractivity contribution >= 4 is 28.4 Å². The van der Waals surface area contributed by atoms with Gasteiger partial charge in [0.05, 0.1) is 12.0 Å². The minimum absolute atomic E-state index is 0.00839. The Morgan fingerprint density at radius 3 is 2.57 bits per heavy atom. The van der Waals surface area contributed by atoms with E-state index in [1.54, 1.807) is 32.0 Å². The fourth-order valence-electron chi connectivity index (χ4n) is 2.78. The van der Waals surface area contributed by atoms with Crippen LogP contribution in [0.5, 0.6) is 5.75 Å². The molecule has 0 aliphatic rings. The maximum absolute atomic E-state index is 12.3. The Labute approximate surface area is 159 Å². The van der Waals surface area contributed by atoms with E-state index >= 15 is 0 Å². The Morgan fingerprint density at radius 1 is 1.14 bits per heavy atom. The number of benzene rings is 2. The molecule has 0 unspecified atom stereocenters. The van der Waals surface area contributed by atoms with E-state index in [0.29, 0.717) is 27.8 Å². The summed E-state index contributed by atoms with van der Waals surface area (Å²) in [5.74, 6) is -0.729. The number of ketones is 1. The zero-order chi connectivity index (χ0) is 20.4. The molecule has 0 saturated carbocycles. The third-order valence-electron chi connectivity index (χ3n) is 4.39. The lowest BCUT2D eigenvalue weighted by atomic mass is 10.1. The van der Waals surface area contributed by atoms with Crippen LogP contribution in [0, 0.1) is 24.0 Å². The van der Waals surface area contributed by atoms with Crippen molar-refractivity contribution in [2.75, 3.05) is 13.7 Å². The number of methoxy groups -OCH3 is 1. The Bertz CT molecular complexity index is 1100. The largest absolute Gasteiger partial charge is 0.497 e. The number of esters is 1. The van der Waals surface area contributed by atoms with Gasteiger partial charge in [-0.05, 0) is 32.0 Å². The number of fused-ring (bicyclic) bond motifs is 1. The van der Waals surface area contributed by atoms with Crippen LogP contribution >= 0.6 is 0 Å². The maximum Gasteiger partial charge on any atom is 0.375 e. The molecule has 1 aromatic heterocycles. The third-order valence-corrected chi connectivity index (χ3v) is 4.39. The van der Waals surface area contributed by atoms with Crippen molar-refractivity contribution in [2.45, 2.75) is 13.8 Å². The summed E-state index contributed by atoms with van der Waals surface area (Å²) >= 11 is 0. The summed E-state index contributed by atoms with van der Waals surface area (Å²) in [5, 5.41) is 11.7. The number of carbonyl (C=O) groups excluding carboxylic acids is 2. The molecule has 8 heteroatoms. The Kier molecular flexibility index (Phi) is 5.12. The monoisotopic (exact) mass is 383 g/mol. The zero-order valence-electron chi connectivity index (χ0n) is 15.5. The predicted octanol–water partition coefficient (Wildman–Crippen LogP) is 4.01. The van der Waals surface area contributed by atoms with Crippen molar-refractivity contribution < 1.29 is 28.4 Å². The molecule has 28 heavy (non-hydrogen) atoms. The Balaban J connectivity index is 1.76. The zero-order valence-corrected chi connectivity index (χ0v) is 15.5. The van der Waals surface area contributed by atoms with Gasteiger partial charge in [-0.2, -0.15) is 0 Å². The highest BCUT2D eigenvalue weighted by Gasteiger charge is 2.21. The first-order chi connectivity index (χ1) is 13.3. The Morgan fingerprint density at radius 2 is 1.89 bits per heavy atom. The standard InChI is InChI=1S/C20H17NO7/c1-11-4-5-13(8-16(11)21(24)25)17(22)10-27-20(23)19-12(2)15-9-14(26-3)6-7-18(15)28-19/h4-9H,10H2,1-3H3. The number of carbonyl (C=O) groups is 2. The lowest BCUT2D eigenvalue weighted by Crippen LogP contribution is -2.14. The number of aryl methyl sites for hydroxylation is 2. The molecule has 1 heterocycles. The van der Waals surface area contributed by atoms with Crippen LogP contribution in [-0.4, -0.2) is 30.4 Å². The molecule has 0 radical (unpaired) electrons. The van der Waals surface area contributed by atoms with Crippen LogP contribution in [0.4, 0.5) is 5.69 Å². The van der Waals surface area contributed by atoms with Gasteiger partial charge in [0.2, 0.25) is 11.5 Å². The van der Waals surface area contributed by atoms with Crippen molar-refractivity contribution in [2.24, 2.45) is 0 Å². The number of nitrogens with zero attached hydrogens (tertiary/aromatic N) is 1. The van der Waals surface area contributed by atoms with Crippen LogP contribution in [0.3, 0.4) is 0 Å². The number of nitro groups is 1. The molecule has 2 aromatic carbocycles. The molecular weight excluding hydrogens is 366 g/mol. The molecule has 8 nitrogen and oxygen atoms in total. The minimum Gasteiger partial charge on any atom is -0.497 e. The number of furan rings is 1. The molecule has 0 N–H and O–H groups in total. The highest BCUT2D eigenvalue weighted by molar-refractivity contribution is 6.01. The molecule has 0 atom stereocenters. The molecule has 0 bridgehead atoms. The van der Waals surface area contributed by atoms with Crippen LogP contribution in [0.2, 0.25) is 0 Å². The van der Waals surface area contributed by atoms with E-state index in [1.165, 1.54) is 25.3 Å². The SMILES string of the molecule is COc1ccc2oc(C(=O)OCC(=O)c3ccc(C)c([N+](=O)[O-])c3)c(C)c2c1. The average Bonchev–Trinajstić information content (AvgIpc) is 3.02. The van der Waals surface area contributed by atoms with Gasteiger partial charge in [-0.25, -0.2) is 4.79 Å². The highest BCUT2D eigenvalue weighted by atomic mass is 16.6. The van der Waals surface area contributed by atoms with Gasteiger partial charge in [0, 0.05) is 28.1 Å². The van der Waals surface area contributed by atoms with Gasteiger partial charge in [-0.1, -0.05) is 12.1 Å². The number of hydrogen-bond acceptors (Lipinski definition) is 7. The predicted molar refractivity (Wildman–Crippen MR) is 99.9 cm³/mol. The summed E-state index contributed by atoms with van der Waals surface area (Å²) < 4.78 is 15.8. The number of ether oxygens (including phenoxy) is 2. The van der Waals surface area contributed by atoms with Crippen molar-refractivity contribution in [1.82, 2.24) is 0 Å². The maximum atomic E-state index is 12.3. The second kappa shape index (κ2) is 7.51. The van der Waals surface area contributed by atoms with Crippen molar-refractivity contribution in [1.29, 1.82) is 0 Å². The molecule has 0 aliphatic carbocycles. The summed E-state index contributed by atoms with van der Waals surface area (Å²) in [6.07, 6.45) is 0. The van der Waals surface area contributed by atoms with E-state index in [0.717, 1.165) is 0 Å². The molecule has 0 aliphatic heterocycles. The van der Waals surface area contributed by atoms with E-state index in [1.807, 2.05) is 0 Å². The normalized spacial score (nSPS) is 10.7. The Hall–Kier alpha value is -3.68. The molecule has 0 amide bonds. The average molecular weight is 383 g/mol. The lowest BCUT2D eigenvalue weighted by Gasteiger charge is -2.04. The molecule has 0 saturated heterocycles. The van der Waals surface area contributed by atoms with Crippen LogP contribution in [0.1, 0.15) is 32.0 Å². The van der Waals surface area contributed by atoms with Crippen LogP contribution in [0.15, 0.2) is 40.8 Å². The quantitative estimate of drug-likeness (QED) is 0.274. The van der Waals surface area contributed by atoms with Gasteiger partial charge in [0.15, 0.2) is 6.61 Å². The van der Waals surface area contributed by atoms with Crippen LogP contribution in [0.25, 0.3) is 11.0 Å². The van der Waals surface area contributed by atoms with E-state index < -0.39 is 23.3 Å². The molecule has 3 aromatic rings. The van der Waals surface area contributed by atoms with E-state index in [4.69, 9.17) is 13.9 Å².